The summed E-state index contributed by atoms with van der Waals surface area (Å²) in [7, 11) is 0. The van der Waals surface area contributed by atoms with Gasteiger partial charge in [0.1, 0.15) is 5.82 Å². The number of aliphatic hydroxyl groups is 1. The van der Waals surface area contributed by atoms with E-state index in [1.807, 2.05) is 12.1 Å². The zero-order valence-electron chi connectivity index (χ0n) is 18.1. The van der Waals surface area contributed by atoms with Crippen LogP contribution in [0.2, 0.25) is 0 Å². The Labute approximate surface area is 186 Å². The van der Waals surface area contributed by atoms with Gasteiger partial charge in [-0.1, -0.05) is 0 Å². The number of ether oxygens (including phenoxy) is 1. The number of morpholine rings is 1. The number of nitrogens with zero attached hydrogens (tertiary/aromatic N) is 4. The maximum Gasteiger partial charge on any atom is 0.319 e. The topological polar surface area (TPSA) is 120 Å². The van der Waals surface area contributed by atoms with Gasteiger partial charge in [-0.3, -0.25) is 4.79 Å². The maximum atomic E-state index is 11.8. The number of carbonyl (C=O) groups excluding carboxylic acids is 2. The lowest BCUT2D eigenvalue weighted by Gasteiger charge is -2.37. The summed E-state index contributed by atoms with van der Waals surface area (Å²) in [6.45, 7) is 5.36. The van der Waals surface area contributed by atoms with Crippen molar-refractivity contribution in [2.75, 3.05) is 49.7 Å². The maximum absolute atomic E-state index is 11.8. The largest absolute Gasteiger partial charge is 0.395 e. The van der Waals surface area contributed by atoms with E-state index in [1.54, 1.807) is 17.0 Å². The minimum absolute atomic E-state index is 0.117. The molecular weight excluding hydrogens is 412 g/mol. The van der Waals surface area contributed by atoms with Crippen LogP contribution in [-0.2, 0) is 22.5 Å². The van der Waals surface area contributed by atoms with Gasteiger partial charge in [0.05, 0.1) is 38.1 Å². The molecule has 1 fully saturated rings. The second kappa shape index (κ2) is 9.92. The summed E-state index contributed by atoms with van der Waals surface area (Å²) in [4.78, 5) is 36.9. The first kappa shape index (κ1) is 22.0. The van der Waals surface area contributed by atoms with Gasteiger partial charge in [-0.15, -0.1) is 0 Å². The van der Waals surface area contributed by atoms with Crippen molar-refractivity contribution in [3.63, 3.8) is 0 Å². The Balaban J connectivity index is 1.64. The summed E-state index contributed by atoms with van der Waals surface area (Å²) in [6, 6.07) is 7.10. The minimum Gasteiger partial charge on any atom is -0.395 e. The summed E-state index contributed by atoms with van der Waals surface area (Å²) < 4.78 is 5.60. The molecule has 0 spiro atoms. The highest BCUT2D eigenvalue weighted by molar-refractivity contribution is 5.89. The van der Waals surface area contributed by atoms with Crippen molar-refractivity contribution in [1.29, 1.82) is 0 Å². The summed E-state index contributed by atoms with van der Waals surface area (Å²) in [5.41, 5.74) is 3.41. The van der Waals surface area contributed by atoms with E-state index >= 15 is 0 Å². The van der Waals surface area contributed by atoms with E-state index in [2.05, 4.69) is 22.5 Å². The van der Waals surface area contributed by atoms with Crippen LogP contribution in [-0.4, -0.2) is 77.9 Å². The molecule has 170 valence electrons. The number of fused-ring (bicyclic) bond motifs is 1. The van der Waals surface area contributed by atoms with E-state index < -0.39 is 0 Å². The minimum atomic E-state index is -0.380. The fourth-order valence-corrected chi connectivity index (χ4v) is 3.98. The number of hydrogen-bond donors (Lipinski definition) is 3. The van der Waals surface area contributed by atoms with Crippen molar-refractivity contribution in [3.05, 3.63) is 35.5 Å². The number of aliphatic hydroxyl groups excluding tert-OH is 1. The van der Waals surface area contributed by atoms with Gasteiger partial charge in [0, 0.05) is 36.4 Å². The van der Waals surface area contributed by atoms with Crippen molar-refractivity contribution in [3.8, 4) is 11.4 Å². The van der Waals surface area contributed by atoms with Crippen molar-refractivity contribution in [2.24, 2.45) is 0 Å². The molecule has 1 aromatic heterocycles. The van der Waals surface area contributed by atoms with Crippen molar-refractivity contribution in [2.45, 2.75) is 25.9 Å². The van der Waals surface area contributed by atoms with Crippen LogP contribution in [0.5, 0.6) is 0 Å². The molecule has 1 saturated heterocycles. The molecule has 10 heteroatoms. The highest BCUT2D eigenvalue weighted by Gasteiger charge is 2.28. The Hall–Kier alpha value is -3.24. The van der Waals surface area contributed by atoms with Crippen molar-refractivity contribution < 1.29 is 19.4 Å². The van der Waals surface area contributed by atoms with Crippen LogP contribution in [0.15, 0.2) is 24.3 Å². The highest BCUT2D eigenvalue weighted by atomic mass is 16.5. The van der Waals surface area contributed by atoms with E-state index in [1.165, 1.54) is 0 Å². The summed E-state index contributed by atoms with van der Waals surface area (Å²) in [5, 5.41) is 14.1. The van der Waals surface area contributed by atoms with Gasteiger partial charge >= 0.3 is 6.03 Å². The van der Waals surface area contributed by atoms with E-state index in [0.717, 1.165) is 42.0 Å². The number of carbonyl (C=O) groups is 2. The fraction of sp³-hybridized carbons (Fsp3) is 0.455. The Morgan fingerprint density at radius 1 is 1.28 bits per heavy atom. The van der Waals surface area contributed by atoms with E-state index in [4.69, 9.17) is 19.8 Å². The monoisotopic (exact) mass is 440 g/mol. The number of urea groups is 1. The van der Waals surface area contributed by atoms with Gasteiger partial charge in [0.2, 0.25) is 6.41 Å². The molecule has 0 saturated carbocycles. The van der Waals surface area contributed by atoms with Crippen molar-refractivity contribution >= 4 is 23.9 Å². The lowest BCUT2D eigenvalue weighted by molar-refractivity contribution is -0.119. The van der Waals surface area contributed by atoms with Gasteiger partial charge in [-0.2, -0.15) is 0 Å². The molecule has 2 aliphatic heterocycles. The molecule has 10 nitrogen and oxygen atoms in total. The first-order valence-corrected chi connectivity index (χ1v) is 10.8. The number of anilines is 2. The molecule has 0 aliphatic carbocycles. The van der Waals surface area contributed by atoms with Crippen LogP contribution in [0, 0.1) is 0 Å². The number of nitrogens with one attached hydrogen (secondary N) is 2. The molecule has 2 aliphatic rings. The fourth-order valence-electron chi connectivity index (χ4n) is 3.98. The van der Waals surface area contributed by atoms with Crippen LogP contribution in [0.1, 0.15) is 18.2 Å². The predicted octanol–water partition coefficient (Wildman–Crippen LogP) is 0.997. The molecule has 0 radical (unpaired) electrons. The Kier molecular flexibility index (Phi) is 6.81. The van der Waals surface area contributed by atoms with Gasteiger partial charge < -0.3 is 30.3 Å². The first-order valence-electron chi connectivity index (χ1n) is 10.8. The zero-order valence-corrected chi connectivity index (χ0v) is 18.1. The summed E-state index contributed by atoms with van der Waals surface area (Å²) in [5.74, 6) is 1.50. The lowest BCUT2D eigenvalue weighted by Crippen LogP contribution is -2.45. The lowest BCUT2D eigenvalue weighted by atomic mass is 10.0. The molecule has 1 aromatic carbocycles. The normalized spacial score (nSPS) is 18.1. The number of aromatic nitrogens is 2. The van der Waals surface area contributed by atoms with Crippen LogP contribution in [0.3, 0.4) is 0 Å². The van der Waals surface area contributed by atoms with E-state index in [-0.39, 0.29) is 25.2 Å². The average molecular weight is 441 g/mol. The third-order valence-corrected chi connectivity index (χ3v) is 5.66. The Morgan fingerprint density at radius 2 is 2.09 bits per heavy atom. The number of benzene rings is 1. The van der Waals surface area contributed by atoms with E-state index in [9.17, 15) is 9.59 Å². The van der Waals surface area contributed by atoms with Gasteiger partial charge in [-0.25, -0.2) is 14.8 Å². The van der Waals surface area contributed by atoms with Gasteiger partial charge in [-0.05, 0) is 37.6 Å². The summed E-state index contributed by atoms with van der Waals surface area (Å²) >= 11 is 0. The average Bonchev–Trinajstić information content (AvgIpc) is 2.82. The van der Waals surface area contributed by atoms with Crippen LogP contribution in [0.25, 0.3) is 11.4 Å². The standard InChI is InChI=1S/C22H28N6O4/c1-15-13-32-11-9-28(15)21-18-6-8-27(14-30)12-19(18)25-20(26-21)16-2-4-17(5-3-16)24-22(31)23-7-10-29/h2-5,14-15,29H,6-13H2,1H3,(H2,23,24,31). The second-order valence-electron chi connectivity index (χ2n) is 7.92. The molecule has 3 N–H and O–H groups in total. The molecule has 3 heterocycles. The first-order chi connectivity index (χ1) is 15.6. The number of hydrogen-bond acceptors (Lipinski definition) is 7. The van der Waals surface area contributed by atoms with Crippen LogP contribution in [0.4, 0.5) is 16.3 Å². The zero-order chi connectivity index (χ0) is 22.5. The third-order valence-electron chi connectivity index (χ3n) is 5.66. The van der Waals surface area contributed by atoms with Gasteiger partial charge in [0.25, 0.3) is 0 Å². The van der Waals surface area contributed by atoms with Gasteiger partial charge in [0.15, 0.2) is 5.82 Å². The Morgan fingerprint density at radius 3 is 2.81 bits per heavy atom. The van der Waals surface area contributed by atoms with Crippen LogP contribution < -0.4 is 15.5 Å². The Bertz CT molecular complexity index is 968. The molecule has 4 rings (SSSR count). The molecule has 2 aromatic rings. The molecule has 1 unspecified atom stereocenters. The molecule has 1 atom stereocenters. The van der Waals surface area contributed by atoms with Crippen molar-refractivity contribution in [1.82, 2.24) is 20.2 Å². The molecule has 0 bridgehead atoms. The number of amides is 3. The molecular formula is C22H28N6O4. The number of rotatable bonds is 6. The molecule has 3 amide bonds. The smallest absolute Gasteiger partial charge is 0.319 e. The molecule has 32 heavy (non-hydrogen) atoms. The highest BCUT2D eigenvalue weighted by Crippen LogP contribution is 2.31. The summed E-state index contributed by atoms with van der Waals surface area (Å²) in [6.07, 6.45) is 1.59. The predicted molar refractivity (Wildman–Crippen MR) is 119 cm³/mol. The SMILES string of the molecule is CC1COCCN1c1nc(-c2ccc(NC(=O)NCCO)cc2)nc2c1CCN(C=O)C2. The van der Waals surface area contributed by atoms with E-state index in [0.29, 0.717) is 37.8 Å². The third kappa shape index (κ3) is 4.81. The van der Waals surface area contributed by atoms with Crippen LogP contribution >= 0.6 is 0 Å². The second-order valence-corrected chi connectivity index (χ2v) is 7.92. The quantitative estimate of drug-likeness (QED) is 0.573.